The lowest BCUT2D eigenvalue weighted by molar-refractivity contribution is 1.11. The van der Waals surface area contributed by atoms with E-state index >= 15 is 0 Å². The van der Waals surface area contributed by atoms with E-state index < -0.39 is 0 Å². The number of allylic oxidation sites excluding steroid dienone is 6. The van der Waals surface area contributed by atoms with Gasteiger partial charge in [0, 0.05) is 6.42 Å². The van der Waals surface area contributed by atoms with Crippen molar-refractivity contribution in [3.63, 3.8) is 0 Å². The maximum Gasteiger partial charge on any atom is 0.0569 e. The van der Waals surface area contributed by atoms with Gasteiger partial charge in [0.25, 0.3) is 0 Å². The molecule has 1 aliphatic rings. The molecule has 11 heavy (non-hydrogen) atoms. The molecule has 0 aromatic heterocycles. The summed E-state index contributed by atoms with van der Waals surface area (Å²) in [6, 6.07) is 0. The first-order valence-electron chi connectivity index (χ1n) is 3.93. The van der Waals surface area contributed by atoms with E-state index in [-0.39, 0.29) is 0 Å². The lowest BCUT2D eigenvalue weighted by Crippen LogP contribution is -1.83. The van der Waals surface area contributed by atoms with Gasteiger partial charge in [0.05, 0.1) is 5.92 Å². The van der Waals surface area contributed by atoms with E-state index in [9.17, 15) is 0 Å². The van der Waals surface area contributed by atoms with Crippen LogP contribution in [-0.2, 0) is 0 Å². The second kappa shape index (κ2) is 4.57. The number of hydrogen-bond acceptors (Lipinski definition) is 0. The van der Waals surface area contributed by atoms with E-state index in [1.165, 1.54) is 0 Å². The van der Waals surface area contributed by atoms with Crippen LogP contribution in [0, 0.1) is 17.8 Å². The largest absolute Gasteiger partial charge is 0.103 e. The van der Waals surface area contributed by atoms with Crippen LogP contribution in [0.1, 0.15) is 13.3 Å². The van der Waals surface area contributed by atoms with Gasteiger partial charge >= 0.3 is 0 Å². The molecule has 0 heterocycles. The van der Waals surface area contributed by atoms with Crippen LogP contribution in [0.2, 0.25) is 0 Å². The lowest BCUT2D eigenvalue weighted by atomic mass is 10.1. The monoisotopic (exact) mass is 144 g/mol. The van der Waals surface area contributed by atoms with Gasteiger partial charge < -0.3 is 0 Å². The molecule has 0 radical (unpaired) electrons. The summed E-state index contributed by atoms with van der Waals surface area (Å²) in [4.78, 5) is 0. The predicted molar refractivity (Wildman–Crippen MR) is 49.0 cm³/mol. The Morgan fingerprint density at radius 1 is 1.09 bits per heavy atom. The van der Waals surface area contributed by atoms with Gasteiger partial charge in [-0.15, -0.1) is 5.92 Å². The normalized spacial score (nSPS) is 15.7. The molecule has 0 heteroatoms. The molecule has 0 unspecified atom stereocenters. The fraction of sp³-hybridized carbons (Fsp3) is 0.273. The van der Waals surface area contributed by atoms with Crippen molar-refractivity contribution in [1.29, 1.82) is 0 Å². The van der Waals surface area contributed by atoms with Crippen molar-refractivity contribution in [2.24, 2.45) is 5.92 Å². The Morgan fingerprint density at radius 3 is 2.27 bits per heavy atom. The zero-order chi connectivity index (χ0) is 7.94. The van der Waals surface area contributed by atoms with Gasteiger partial charge in [0.2, 0.25) is 0 Å². The molecule has 1 aliphatic carbocycles. The average Bonchev–Trinajstić information content (AvgIpc) is 2.28. The van der Waals surface area contributed by atoms with Crippen LogP contribution in [0.5, 0.6) is 0 Å². The van der Waals surface area contributed by atoms with Gasteiger partial charge in [-0.25, -0.2) is 0 Å². The number of hydrogen-bond donors (Lipinski definition) is 0. The molecular weight excluding hydrogens is 132 g/mol. The fourth-order valence-corrected chi connectivity index (χ4v) is 0.876. The summed E-state index contributed by atoms with van der Waals surface area (Å²) < 4.78 is 0. The lowest BCUT2D eigenvalue weighted by Gasteiger charge is -1.92. The standard InChI is InChI=1S/C11H12/c1-2-3-8-11-9-6-4-5-7-10-11/h4-7,9-11H,2H2,1H3. The highest BCUT2D eigenvalue weighted by Crippen LogP contribution is 2.03. The molecule has 0 bridgehead atoms. The minimum atomic E-state index is 0.310. The molecule has 0 fully saturated rings. The van der Waals surface area contributed by atoms with Gasteiger partial charge in [0.1, 0.15) is 0 Å². The van der Waals surface area contributed by atoms with Crippen LogP contribution >= 0.6 is 0 Å². The van der Waals surface area contributed by atoms with E-state index in [0.717, 1.165) is 6.42 Å². The minimum absolute atomic E-state index is 0.310. The molecule has 0 saturated carbocycles. The summed E-state index contributed by atoms with van der Waals surface area (Å²) in [6.45, 7) is 2.06. The molecular formula is C11H12. The molecule has 0 saturated heterocycles. The molecule has 0 aromatic carbocycles. The Morgan fingerprint density at radius 2 is 1.73 bits per heavy atom. The number of rotatable bonds is 0. The Balaban J connectivity index is 2.60. The maximum atomic E-state index is 3.15. The molecule has 0 spiro atoms. The highest BCUT2D eigenvalue weighted by Gasteiger charge is 1.92. The smallest absolute Gasteiger partial charge is 0.0569 e. The van der Waals surface area contributed by atoms with Crippen molar-refractivity contribution < 1.29 is 0 Å². The summed E-state index contributed by atoms with van der Waals surface area (Å²) in [6.07, 6.45) is 13.2. The van der Waals surface area contributed by atoms with Crippen molar-refractivity contribution in [1.82, 2.24) is 0 Å². The third-order valence-corrected chi connectivity index (χ3v) is 1.42. The molecule has 0 nitrogen and oxygen atoms in total. The van der Waals surface area contributed by atoms with Crippen LogP contribution < -0.4 is 0 Å². The molecule has 56 valence electrons. The van der Waals surface area contributed by atoms with Crippen LogP contribution in [-0.4, -0.2) is 0 Å². The summed E-state index contributed by atoms with van der Waals surface area (Å²) in [5.74, 6) is 6.52. The highest BCUT2D eigenvalue weighted by atomic mass is 14.0. The molecule has 0 atom stereocenters. The van der Waals surface area contributed by atoms with Crippen LogP contribution in [0.25, 0.3) is 0 Å². The Kier molecular flexibility index (Phi) is 3.28. The van der Waals surface area contributed by atoms with Crippen molar-refractivity contribution in [3.8, 4) is 11.8 Å². The van der Waals surface area contributed by atoms with Crippen molar-refractivity contribution in [2.45, 2.75) is 13.3 Å². The quantitative estimate of drug-likeness (QED) is 0.458. The summed E-state index contributed by atoms with van der Waals surface area (Å²) in [7, 11) is 0. The second-order valence-corrected chi connectivity index (χ2v) is 2.36. The van der Waals surface area contributed by atoms with E-state index in [1.54, 1.807) is 0 Å². The van der Waals surface area contributed by atoms with Crippen molar-refractivity contribution >= 4 is 0 Å². The van der Waals surface area contributed by atoms with Crippen LogP contribution in [0.15, 0.2) is 36.5 Å². The van der Waals surface area contributed by atoms with Gasteiger partial charge in [-0.05, 0) is 0 Å². The molecule has 0 aromatic rings. The highest BCUT2D eigenvalue weighted by molar-refractivity contribution is 5.26. The van der Waals surface area contributed by atoms with Crippen molar-refractivity contribution in [2.75, 3.05) is 0 Å². The van der Waals surface area contributed by atoms with E-state index in [1.807, 2.05) is 24.3 Å². The van der Waals surface area contributed by atoms with E-state index in [2.05, 4.69) is 30.9 Å². The van der Waals surface area contributed by atoms with E-state index in [0.29, 0.717) is 5.92 Å². The average molecular weight is 144 g/mol. The van der Waals surface area contributed by atoms with Gasteiger partial charge in [0.15, 0.2) is 0 Å². The summed E-state index contributed by atoms with van der Waals surface area (Å²) in [5, 5.41) is 0. The van der Waals surface area contributed by atoms with E-state index in [4.69, 9.17) is 0 Å². The first kappa shape index (κ1) is 7.88. The van der Waals surface area contributed by atoms with Crippen LogP contribution in [0.4, 0.5) is 0 Å². The van der Waals surface area contributed by atoms with Crippen LogP contribution in [0.3, 0.4) is 0 Å². The first-order valence-corrected chi connectivity index (χ1v) is 3.93. The Hall–Kier alpha value is -1.22. The third-order valence-electron chi connectivity index (χ3n) is 1.42. The summed E-state index contributed by atoms with van der Waals surface area (Å²) >= 11 is 0. The third kappa shape index (κ3) is 2.91. The van der Waals surface area contributed by atoms with Crippen molar-refractivity contribution in [3.05, 3.63) is 36.5 Å². The minimum Gasteiger partial charge on any atom is -0.103 e. The maximum absolute atomic E-state index is 3.15. The first-order chi connectivity index (χ1) is 5.43. The Labute approximate surface area is 68.3 Å². The second-order valence-electron chi connectivity index (χ2n) is 2.36. The molecule has 0 aliphatic heterocycles. The molecule has 1 rings (SSSR count). The molecule has 0 N–H and O–H groups in total. The zero-order valence-electron chi connectivity index (χ0n) is 6.75. The SMILES string of the molecule is CCC#CC1C=CC=CC=C1. The van der Waals surface area contributed by atoms with Gasteiger partial charge in [-0.2, -0.15) is 0 Å². The fourth-order valence-electron chi connectivity index (χ4n) is 0.876. The van der Waals surface area contributed by atoms with Gasteiger partial charge in [-0.1, -0.05) is 49.3 Å². The summed E-state index contributed by atoms with van der Waals surface area (Å²) in [5.41, 5.74) is 0. The zero-order valence-corrected chi connectivity index (χ0v) is 6.75. The molecule has 0 amide bonds. The topological polar surface area (TPSA) is 0 Å². The Bertz CT molecular complexity index is 227. The van der Waals surface area contributed by atoms with Gasteiger partial charge in [-0.3, -0.25) is 0 Å². The predicted octanol–water partition coefficient (Wildman–Crippen LogP) is 2.70.